The monoisotopic (exact) mass is 506 g/mol. The molecule has 0 saturated heterocycles. The van der Waals surface area contributed by atoms with Gasteiger partial charge in [-0.2, -0.15) is 0 Å². The van der Waals surface area contributed by atoms with E-state index in [-0.39, 0.29) is 5.97 Å². The number of ether oxygens (including phenoxy) is 3. The highest BCUT2D eigenvalue weighted by atomic mass is 16.5. The number of hydrogen-bond acceptors (Lipinski definition) is 4. The van der Waals surface area contributed by atoms with Gasteiger partial charge in [0.05, 0.1) is 18.8 Å². The molecule has 0 aliphatic heterocycles. The number of unbranched alkanes of at least 4 members (excludes halogenated alkanes) is 4. The Kier molecular flexibility index (Phi) is 13.2. The van der Waals surface area contributed by atoms with Gasteiger partial charge in [0.2, 0.25) is 0 Å². The Morgan fingerprint density at radius 1 is 0.757 bits per heavy atom. The summed E-state index contributed by atoms with van der Waals surface area (Å²) in [5.74, 6) is 3.56. The Bertz CT molecular complexity index is 895. The summed E-state index contributed by atoms with van der Waals surface area (Å²) >= 11 is 0. The van der Waals surface area contributed by atoms with E-state index in [1.54, 1.807) is 24.3 Å². The fourth-order valence-electron chi connectivity index (χ4n) is 5.17. The summed E-state index contributed by atoms with van der Waals surface area (Å²) < 4.78 is 17.2. The quantitative estimate of drug-likeness (QED) is 0.0928. The largest absolute Gasteiger partial charge is 0.494 e. The molecule has 0 spiro atoms. The topological polar surface area (TPSA) is 44.8 Å². The molecule has 0 amide bonds. The molecule has 0 unspecified atom stereocenters. The average molecular weight is 507 g/mol. The lowest BCUT2D eigenvalue weighted by Gasteiger charge is -2.28. The molecule has 0 aromatic heterocycles. The van der Waals surface area contributed by atoms with E-state index in [1.807, 2.05) is 30.3 Å². The van der Waals surface area contributed by atoms with Crippen LogP contribution >= 0.6 is 0 Å². The van der Waals surface area contributed by atoms with Gasteiger partial charge in [0.1, 0.15) is 17.2 Å². The van der Waals surface area contributed by atoms with Gasteiger partial charge in [0, 0.05) is 0 Å². The van der Waals surface area contributed by atoms with Gasteiger partial charge < -0.3 is 14.2 Å². The highest BCUT2D eigenvalue weighted by molar-refractivity contribution is 5.91. The fraction of sp³-hybridized carbons (Fsp3) is 0.545. The van der Waals surface area contributed by atoms with Crippen molar-refractivity contribution in [1.29, 1.82) is 0 Å². The highest BCUT2D eigenvalue weighted by Crippen LogP contribution is 2.33. The lowest BCUT2D eigenvalue weighted by Crippen LogP contribution is -2.15. The second kappa shape index (κ2) is 16.9. The van der Waals surface area contributed by atoms with Crippen LogP contribution in [0.2, 0.25) is 0 Å². The molecule has 0 bridgehead atoms. The summed E-state index contributed by atoms with van der Waals surface area (Å²) in [5, 5.41) is 0. The first-order chi connectivity index (χ1) is 18.2. The highest BCUT2D eigenvalue weighted by Gasteiger charge is 2.20. The van der Waals surface area contributed by atoms with E-state index in [4.69, 9.17) is 14.2 Å². The van der Waals surface area contributed by atoms with Crippen molar-refractivity contribution in [1.82, 2.24) is 0 Å². The Labute approximate surface area is 224 Å². The maximum absolute atomic E-state index is 12.5. The van der Waals surface area contributed by atoms with E-state index in [9.17, 15) is 4.79 Å². The van der Waals surface area contributed by atoms with Crippen LogP contribution in [0.4, 0.5) is 0 Å². The Morgan fingerprint density at radius 3 is 1.92 bits per heavy atom. The average Bonchev–Trinajstić information content (AvgIpc) is 2.93. The van der Waals surface area contributed by atoms with E-state index in [1.165, 1.54) is 57.8 Å². The first-order valence-corrected chi connectivity index (χ1v) is 14.5. The molecule has 1 aliphatic rings. The number of esters is 1. The van der Waals surface area contributed by atoms with Crippen molar-refractivity contribution < 1.29 is 19.0 Å². The maximum atomic E-state index is 12.5. The number of carbonyl (C=O) groups excluding carboxylic acids is 1. The number of hydrogen-bond donors (Lipinski definition) is 0. The molecule has 2 aromatic rings. The minimum Gasteiger partial charge on any atom is -0.494 e. The van der Waals surface area contributed by atoms with Crippen molar-refractivity contribution in [3.8, 4) is 17.2 Å². The van der Waals surface area contributed by atoms with Crippen LogP contribution in [0.25, 0.3) is 0 Å². The van der Waals surface area contributed by atoms with Gasteiger partial charge in [-0.05, 0) is 92.5 Å². The van der Waals surface area contributed by atoms with Crippen molar-refractivity contribution in [2.75, 3.05) is 13.2 Å². The lowest BCUT2D eigenvalue weighted by atomic mass is 9.78. The van der Waals surface area contributed by atoms with Crippen molar-refractivity contribution in [2.24, 2.45) is 11.8 Å². The molecule has 3 rings (SSSR count). The maximum Gasteiger partial charge on any atom is 0.343 e. The second-order valence-corrected chi connectivity index (χ2v) is 10.4. The molecule has 1 aliphatic carbocycles. The predicted octanol–water partition coefficient (Wildman–Crippen LogP) is 9.19. The standard InChI is InChI=1S/C33H46O4/c1-3-5-6-7-8-9-25-35-30-19-17-29(18-20-30)33(34)37-32-23-21-31(22-24-32)36-26-10-12-28-15-13-27(11-4-2)14-16-28/h3,17-24,27-28H,1,4-16,25-26H2,2H3. The van der Waals surface area contributed by atoms with Crippen molar-refractivity contribution in [3.63, 3.8) is 0 Å². The van der Waals surface area contributed by atoms with Crippen LogP contribution < -0.4 is 14.2 Å². The zero-order valence-electron chi connectivity index (χ0n) is 22.8. The molecular weight excluding hydrogens is 460 g/mol. The summed E-state index contributed by atoms with van der Waals surface area (Å²) in [6, 6.07) is 14.4. The minimum absolute atomic E-state index is 0.379. The van der Waals surface area contributed by atoms with E-state index in [0.717, 1.165) is 55.6 Å². The first kappa shape index (κ1) is 28.8. The second-order valence-electron chi connectivity index (χ2n) is 10.4. The third-order valence-corrected chi connectivity index (χ3v) is 7.38. The molecule has 0 N–H and O–H groups in total. The van der Waals surface area contributed by atoms with Gasteiger partial charge in [-0.15, -0.1) is 6.58 Å². The molecule has 37 heavy (non-hydrogen) atoms. The van der Waals surface area contributed by atoms with E-state index in [2.05, 4.69) is 13.5 Å². The van der Waals surface area contributed by atoms with E-state index in [0.29, 0.717) is 17.9 Å². The van der Waals surface area contributed by atoms with Gasteiger partial charge in [0.15, 0.2) is 0 Å². The van der Waals surface area contributed by atoms with Gasteiger partial charge in [-0.3, -0.25) is 0 Å². The van der Waals surface area contributed by atoms with Crippen LogP contribution in [0, 0.1) is 11.8 Å². The van der Waals surface area contributed by atoms with Crippen molar-refractivity contribution in [3.05, 3.63) is 66.7 Å². The summed E-state index contributed by atoms with van der Waals surface area (Å²) in [7, 11) is 0. The third kappa shape index (κ3) is 11.0. The fourth-order valence-corrected chi connectivity index (χ4v) is 5.17. The minimum atomic E-state index is -0.379. The van der Waals surface area contributed by atoms with Crippen LogP contribution in [0.15, 0.2) is 61.2 Å². The summed E-state index contributed by atoms with van der Waals surface area (Å²) in [4.78, 5) is 12.5. The molecule has 0 atom stereocenters. The SMILES string of the molecule is C=CCCCCCCOc1ccc(C(=O)Oc2ccc(OCCCC3CCC(CCC)CC3)cc2)cc1. The number of benzene rings is 2. The summed E-state index contributed by atoms with van der Waals surface area (Å²) in [5.41, 5.74) is 0.501. The van der Waals surface area contributed by atoms with Gasteiger partial charge in [-0.1, -0.05) is 64.4 Å². The zero-order valence-corrected chi connectivity index (χ0v) is 22.8. The Balaban J connectivity index is 1.30. The smallest absolute Gasteiger partial charge is 0.343 e. The third-order valence-electron chi connectivity index (χ3n) is 7.38. The molecule has 2 aromatic carbocycles. The Hall–Kier alpha value is -2.75. The normalized spacial score (nSPS) is 17.2. The van der Waals surface area contributed by atoms with Crippen LogP contribution in [0.3, 0.4) is 0 Å². The van der Waals surface area contributed by atoms with Crippen LogP contribution in [0.1, 0.15) is 101 Å². The zero-order chi connectivity index (χ0) is 26.1. The van der Waals surface area contributed by atoms with Crippen molar-refractivity contribution in [2.45, 2.75) is 90.4 Å². The molecule has 4 nitrogen and oxygen atoms in total. The molecular formula is C33H46O4. The molecule has 1 fully saturated rings. The van der Waals surface area contributed by atoms with E-state index < -0.39 is 0 Å². The predicted molar refractivity (Wildman–Crippen MR) is 152 cm³/mol. The number of carbonyl (C=O) groups is 1. The van der Waals surface area contributed by atoms with Gasteiger partial charge in [-0.25, -0.2) is 4.79 Å². The number of allylic oxidation sites excluding steroid dienone is 1. The molecule has 202 valence electrons. The summed E-state index contributed by atoms with van der Waals surface area (Å²) in [6.45, 7) is 7.46. The van der Waals surface area contributed by atoms with Gasteiger partial charge in [0.25, 0.3) is 0 Å². The summed E-state index contributed by atoms with van der Waals surface area (Å²) in [6.07, 6.45) is 18.3. The van der Waals surface area contributed by atoms with E-state index >= 15 is 0 Å². The van der Waals surface area contributed by atoms with Crippen molar-refractivity contribution >= 4 is 5.97 Å². The molecule has 0 heterocycles. The van der Waals surface area contributed by atoms with Crippen LogP contribution in [0.5, 0.6) is 17.2 Å². The molecule has 1 saturated carbocycles. The van der Waals surface area contributed by atoms with Crippen LogP contribution in [-0.4, -0.2) is 19.2 Å². The molecule has 0 radical (unpaired) electrons. The Morgan fingerprint density at radius 2 is 1.30 bits per heavy atom. The lowest BCUT2D eigenvalue weighted by molar-refractivity contribution is 0.0734. The van der Waals surface area contributed by atoms with Gasteiger partial charge >= 0.3 is 5.97 Å². The first-order valence-electron chi connectivity index (χ1n) is 14.5. The number of rotatable bonds is 17. The van der Waals surface area contributed by atoms with Crippen LogP contribution in [-0.2, 0) is 0 Å². The molecule has 4 heteroatoms.